The maximum Gasteiger partial charge on any atom is 0.303 e. The highest BCUT2D eigenvalue weighted by atomic mass is 16.4. The Morgan fingerprint density at radius 2 is 2.08 bits per heavy atom. The van der Waals surface area contributed by atoms with Gasteiger partial charge in [-0.2, -0.15) is 0 Å². The van der Waals surface area contributed by atoms with Crippen molar-refractivity contribution in [1.29, 1.82) is 0 Å². The van der Waals surface area contributed by atoms with Gasteiger partial charge in [-0.3, -0.25) is 4.79 Å². The molecule has 0 spiro atoms. The van der Waals surface area contributed by atoms with Gasteiger partial charge >= 0.3 is 5.97 Å². The van der Waals surface area contributed by atoms with Gasteiger partial charge in [-0.25, -0.2) is 0 Å². The molecule has 1 saturated carbocycles. The number of nitrogens with two attached hydrogens (primary N) is 1. The molecule has 0 atom stereocenters. The van der Waals surface area contributed by atoms with Gasteiger partial charge in [-0.15, -0.1) is 0 Å². The van der Waals surface area contributed by atoms with Crippen LogP contribution in [0, 0.1) is 10.8 Å². The second kappa shape index (κ2) is 3.29. The van der Waals surface area contributed by atoms with E-state index < -0.39 is 5.97 Å². The van der Waals surface area contributed by atoms with E-state index in [1.807, 2.05) is 0 Å². The highest BCUT2D eigenvalue weighted by molar-refractivity contribution is 5.68. The molecule has 3 heteroatoms. The minimum Gasteiger partial charge on any atom is -0.481 e. The van der Waals surface area contributed by atoms with Crippen molar-refractivity contribution in [3.8, 4) is 0 Å². The van der Waals surface area contributed by atoms with E-state index in [0.717, 1.165) is 19.3 Å². The van der Waals surface area contributed by atoms with Crippen LogP contribution >= 0.6 is 0 Å². The van der Waals surface area contributed by atoms with Gasteiger partial charge in [0, 0.05) is 0 Å². The van der Waals surface area contributed by atoms with Gasteiger partial charge in [-0.1, -0.05) is 20.3 Å². The molecular weight excluding hydrogens is 166 g/mol. The van der Waals surface area contributed by atoms with Crippen LogP contribution < -0.4 is 5.73 Å². The van der Waals surface area contributed by atoms with Gasteiger partial charge in [0.05, 0.1) is 6.42 Å². The summed E-state index contributed by atoms with van der Waals surface area (Å²) in [6.07, 6.45) is 3.30. The molecule has 13 heavy (non-hydrogen) atoms. The third-order valence-corrected chi connectivity index (χ3v) is 3.42. The lowest BCUT2D eigenvalue weighted by molar-refractivity contribution is -0.144. The van der Waals surface area contributed by atoms with Crippen molar-refractivity contribution in [3.63, 3.8) is 0 Å². The first-order chi connectivity index (χ1) is 5.95. The predicted molar refractivity (Wildman–Crippen MR) is 51.4 cm³/mol. The molecule has 0 aromatic rings. The fourth-order valence-electron chi connectivity index (χ4n) is 2.67. The van der Waals surface area contributed by atoms with Crippen molar-refractivity contribution in [2.24, 2.45) is 16.6 Å². The number of hydrogen-bond acceptors (Lipinski definition) is 2. The van der Waals surface area contributed by atoms with E-state index in [1.54, 1.807) is 0 Å². The summed E-state index contributed by atoms with van der Waals surface area (Å²) in [6, 6.07) is 0. The van der Waals surface area contributed by atoms with Crippen molar-refractivity contribution in [1.82, 2.24) is 0 Å². The molecule has 3 nitrogen and oxygen atoms in total. The third kappa shape index (κ3) is 2.02. The molecule has 0 bridgehead atoms. The van der Waals surface area contributed by atoms with Crippen LogP contribution in [-0.4, -0.2) is 17.6 Å². The molecule has 0 aromatic carbocycles. The highest BCUT2D eigenvalue weighted by Crippen LogP contribution is 2.57. The Morgan fingerprint density at radius 1 is 1.54 bits per heavy atom. The zero-order valence-electron chi connectivity index (χ0n) is 8.47. The first-order valence-corrected chi connectivity index (χ1v) is 4.87. The smallest absolute Gasteiger partial charge is 0.303 e. The van der Waals surface area contributed by atoms with Crippen LogP contribution in [0.2, 0.25) is 0 Å². The van der Waals surface area contributed by atoms with Crippen LogP contribution in [0.1, 0.15) is 39.5 Å². The number of hydrogen-bond donors (Lipinski definition) is 2. The van der Waals surface area contributed by atoms with Crippen LogP contribution in [-0.2, 0) is 4.79 Å². The first kappa shape index (κ1) is 10.5. The van der Waals surface area contributed by atoms with E-state index in [2.05, 4.69) is 13.8 Å². The van der Waals surface area contributed by atoms with Crippen molar-refractivity contribution in [3.05, 3.63) is 0 Å². The summed E-state index contributed by atoms with van der Waals surface area (Å²) in [5.41, 5.74) is 5.87. The largest absolute Gasteiger partial charge is 0.481 e. The van der Waals surface area contributed by atoms with E-state index in [1.165, 1.54) is 0 Å². The highest BCUT2D eigenvalue weighted by Gasteiger charge is 2.50. The molecule has 76 valence electrons. The molecule has 0 amide bonds. The summed E-state index contributed by atoms with van der Waals surface area (Å²) < 4.78 is 0. The lowest BCUT2D eigenvalue weighted by Gasteiger charge is -2.54. The average molecular weight is 185 g/mol. The van der Waals surface area contributed by atoms with E-state index in [-0.39, 0.29) is 11.8 Å². The lowest BCUT2D eigenvalue weighted by atomic mass is 9.51. The summed E-state index contributed by atoms with van der Waals surface area (Å²) >= 11 is 0. The molecule has 1 aliphatic rings. The van der Waals surface area contributed by atoms with Gasteiger partial charge < -0.3 is 10.8 Å². The van der Waals surface area contributed by atoms with Crippen LogP contribution in [0.25, 0.3) is 0 Å². The molecule has 0 unspecified atom stereocenters. The van der Waals surface area contributed by atoms with E-state index in [9.17, 15) is 4.79 Å². The maximum absolute atomic E-state index is 10.6. The summed E-state index contributed by atoms with van der Waals surface area (Å²) in [5, 5.41) is 8.73. The molecule has 1 fully saturated rings. The Balaban J connectivity index is 2.54. The SMILES string of the molecule is CCC1(C)CC(CN)(CC(=O)O)C1. The first-order valence-electron chi connectivity index (χ1n) is 4.87. The quantitative estimate of drug-likeness (QED) is 0.699. The molecule has 0 aliphatic heterocycles. The van der Waals surface area contributed by atoms with Crippen molar-refractivity contribution >= 4 is 5.97 Å². The fraction of sp³-hybridized carbons (Fsp3) is 0.900. The van der Waals surface area contributed by atoms with Gasteiger partial charge in [0.1, 0.15) is 0 Å². The molecular formula is C10H19NO2. The van der Waals surface area contributed by atoms with Crippen LogP contribution in [0.3, 0.4) is 0 Å². The topological polar surface area (TPSA) is 63.3 Å². The molecule has 3 N–H and O–H groups in total. The summed E-state index contributed by atoms with van der Waals surface area (Å²) in [6.45, 7) is 4.87. The fourth-order valence-corrected chi connectivity index (χ4v) is 2.67. The number of carboxylic acids is 1. The normalized spacial score (nSPS) is 38.4. The van der Waals surface area contributed by atoms with E-state index in [0.29, 0.717) is 12.0 Å². The van der Waals surface area contributed by atoms with Gasteiger partial charge in [0.2, 0.25) is 0 Å². The Hall–Kier alpha value is -0.570. The maximum atomic E-state index is 10.6. The second-order valence-electron chi connectivity index (χ2n) is 4.79. The average Bonchev–Trinajstić information content (AvgIpc) is 2.00. The van der Waals surface area contributed by atoms with Crippen molar-refractivity contribution < 1.29 is 9.90 Å². The van der Waals surface area contributed by atoms with Gasteiger partial charge in [-0.05, 0) is 30.2 Å². The number of carboxylic acid groups (broad SMARTS) is 1. The standard InChI is InChI=1S/C10H19NO2/c1-3-9(2)5-10(6-9,7-11)4-8(12)13/h3-7,11H2,1-2H3,(H,12,13). The van der Waals surface area contributed by atoms with E-state index >= 15 is 0 Å². The zero-order valence-corrected chi connectivity index (χ0v) is 8.47. The Kier molecular flexibility index (Phi) is 2.66. The van der Waals surface area contributed by atoms with Gasteiger partial charge in [0.25, 0.3) is 0 Å². The van der Waals surface area contributed by atoms with Crippen molar-refractivity contribution in [2.75, 3.05) is 6.54 Å². The van der Waals surface area contributed by atoms with Gasteiger partial charge in [0.15, 0.2) is 0 Å². The Bertz CT molecular complexity index is 207. The Morgan fingerprint density at radius 3 is 2.38 bits per heavy atom. The van der Waals surface area contributed by atoms with Crippen LogP contribution in [0.15, 0.2) is 0 Å². The lowest BCUT2D eigenvalue weighted by Crippen LogP contribution is -2.50. The zero-order chi connectivity index (χ0) is 10.1. The number of carbonyl (C=O) groups is 1. The molecule has 0 saturated heterocycles. The predicted octanol–water partition coefficient (Wildman–Crippen LogP) is 1.62. The molecule has 0 aromatic heterocycles. The third-order valence-electron chi connectivity index (χ3n) is 3.42. The second-order valence-corrected chi connectivity index (χ2v) is 4.79. The Labute approximate surface area is 79.3 Å². The number of rotatable bonds is 4. The molecule has 1 aliphatic carbocycles. The molecule has 0 radical (unpaired) electrons. The van der Waals surface area contributed by atoms with Crippen LogP contribution in [0.5, 0.6) is 0 Å². The summed E-state index contributed by atoms with van der Waals surface area (Å²) in [5.74, 6) is -0.719. The van der Waals surface area contributed by atoms with Crippen LogP contribution in [0.4, 0.5) is 0 Å². The van der Waals surface area contributed by atoms with E-state index in [4.69, 9.17) is 10.8 Å². The summed E-state index contributed by atoms with van der Waals surface area (Å²) in [4.78, 5) is 10.6. The monoisotopic (exact) mass is 185 g/mol. The number of aliphatic carboxylic acids is 1. The molecule has 0 heterocycles. The minimum atomic E-state index is -0.719. The molecule has 1 rings (SSSR count). The van der Waals surface area contributed by atoms with Crippen molar-refractivity contribution in [2.45, 2.75) is 39.5 Å². The summed E-state index contributed by atoms with van der Waals surface area (Å²) in [7, 11) is 0. The minimum absolute atomic E-state index is 0.101.